The summed E-state index contributed by atoms with van der Waals surface area (Å²) in [5, 5.41) is 32.7. The lowest BCUT2D eigenvalue weighted by atomic mass is 9.96. The van der Waals surface area contributed by atoms with Crippen molar-refractivity contribution >= 4 is 17.4 Å². The molecular weight excluding hydrogens is 328 g/mol. The number of nitro benzene ring substituents is 1. The summed E-state index contributed by atoms with van der Waals surface area (Å²) < 4.78 is 1.87. The molecule has 0 unspecified atom stereocenters. The number of rotatable bonds is 5. The van der Waals surface area contributed by atoms with E-state index in [1.54, 1.807) is 6.07 Å². The first-order valence-electron chi connectivity index (χ1n) is 7.76. The normalized spacial score (nSPS) is 15.1. The molecule has 0 aliphatic heterocycles. The Bertz CT molecular complexity index is 779. The van der Waals surface area contributed by atoms with Gasteiger partial charge in [-0.05, 0) is 34.9 Å². The summed E-state index contributed by atoms with van der Waals surface area (Å²) in [5.74, 6) is 0.476. The van der Waals surface area contributed by atoms with Gasteiger partial charge in [0.1, 0.15) is 0 Å². The maximum Gasteiger partial charge on any atom is 0.271 e. The van der Waals surface area contributed by atoms with E-state index in [-0.39, 0.29) is 11.3 Å². The van der Waals surface area contributed by atoms with Gasteiger partial charge in [0.2, 0.25) is 5.16 Å². The monoisotopic (exact) mass is 344 g/mol. The quantitative estimate of drug-likeness (QED) is 0.465. The molecule has 124 valence electrons. The van der Waals surface area contributed by atoms with Gasteiger partial charge >= 0.3 is 0 Å². The molecule has 1 saturated carbocycles. The van der Waals surface area contributed by atoms with Crippen molar-refractivity contribution in [2.75, 3.05) is 0 Å². The molecule has 0 N–H and O–H groups in total. The van der Waals surface area contributed by atoms with Crippen LogP contribution < -0.4 is 0 Å². The Morgan fingerprint density at radius 1 is 1.33 bits per heavy atom. The minimum atomic E-state index is -0.485. The second-order valence-corrected chi connectivity index (χ2v) is 6.69. The lowest BCUT2D eigenvalue weighted by molar-refractivity contribution is -0.384. The number of aromatic nitrogens is 4. The predicted octanol–water partition coefficient (Wildman–Crippen LogP) is 3.25. The smallest absolute Gasteiger partial charge is 0.258 e. The zero-order valence-corrected chi connectivity index (χ0v) is 13.8. The van der Waals surface area contributed by atoms with Crippen LogP contribution in [0.15, 0.2) is 23.4 Å². The topological polar surface area (TPSA) is 111 Å². The van der Waals surface area contributed by atoms with Crippen molar-refractivity contribution in [1.29, 1.82) is 5.26 Å². The Morgan fingerprint density at radius 3 is 2.83 bits per heavy atom. The van der Waals surface area contributed by atoms with Crippen LogP contribution in [0.5, 0.6) is 0 Å². The first-order chi connectivity index (χ1) is 11.7. The fourth-order valence-corrected chi connectivity index (χ4v) is 3.78. The first kappa shape index (κ1) is 16.4. The summed E-state index contributed by atoms with van der Waals surface area (Å²) in [6, 6.07) is 6.72. The molecule has 24 heavy (non-hydrogen) atoms. The van der Waals surface area contributed by atoms with Crippen molar-refractivity contribution in [2.45, 2.75) is 49.1 Å². The van der Waals surface area contributed by atoms with Crippen LogP contribution in [0.1, 0.15) is 49.3 Å². The van der Waals surface area contributed by atoms with E-state index >= 15 is 0 Å². The maximum atomic E-state index is 11.0. The van der Waals surface area contributed by atoms with E-state index in [9.17, 15) is 10.1 Å². The molecule has 0 amide bonds. The Morgan fingerprint density at radius 2 is 2.12 bits per heavy atom. The van der Waals surface area contributed by atoms with Crippen LogP contribution in [0.4, 0.5) is 5.69 Å². The largest absolute Gasteiger partial charge is 0.271 e. The second kappa shape index (κ2) is 7.40. The highest BCUT2D eigenvalue weighted by atomic mass is 32.2. The Hall–Kier alpha value is -2.47. The summed E-state index contributed by atoms with van der Waals surface area (Å²) in [7, 11) is 0. The number of nitriles is 1. The van der Waals surface area contributed by atoms with E-state index in [1.807, 2.05) is 10.8 Å². The molecule has 8 nitrogen and oxygen atoms in total. The highest BCUT2D eigenvalue weighted by Gasteiger charge is 2.20. The van der Waals surface area contributed by atoms with Gasteiger partial charge in [-0.1, -0.05) is 31.0 Å². The van der Waals surface area contributed by atoms with Gasteiger partial charge in [-0.15, -0.1) is 5.10 Å². The summed E-state index contributed by atoms with van der Waals surface area (Å²) in [6.45, 7) is 0. The number of hydrogen-bond acceptors (Lipinski definition) is 7. The summed E-state index contributed by atoms with van der Waals surface area (Å²) in [6.07, 6.45) is 5.78. The van der Waals surface area contributed by atoms with Crippen LogP contribution in [0, 0.1) is 21.4 Å². The van der Waals surface area contributed by atoms with Crippen molar-refractivity contribution in [1.82, 2.24) is 20.2 Å². The minimum Gasteiger partial charge on any atom is -0.258 e. The van der Waals surface area contributed by atoms with Crippen LogP contribution in [0.2, 0.25) is 0 Å². The van der Waals surface area contributed by atoms with Gasteiger partial charge in [0, 0.05) is 17.9 Å². The number of thioether (sulfide) groups is 1. The lowest BCUT2D eigenvalue weighted by Gasteiger charge is -2.21. The Balaban J connectivity index is 1.75. The van der Waals surface area contributed by atoms with Crippen molar-refractivity contribution in [3.05, 3.63) is 39.4 Å². The maximum absolute atomic E-state index is 11.0. The average molecular weight is 344 g/mol. The van der Waals surface area contributed by atoms with Crippen molar-refractivity contribution in [3.8, 4) is 6.07 Å². The van der Waals surface area contributed by atoms with Crippen molar-refractivity contribution < 1.29 is 4.92 Å². The zero-order valence-electron chi connectivity index (χ0n) is 13.0. The highest BCUT2D eigenvalue weighted by molar-refractivity contribution is 7.98. The molecule has 1 aliphatic rings. The highest BCUT2D eigenvalue weighted by Crippen LogP contribution is 2.31. The van der Waals surface area contributed by atoms with Crippen LogP contribution >= 0.6 is 11.8 Å². The van der Waals surface area contributed by atoms with E-state index in [2.05, 4.69) is 15.5 Å². The molecule has 0 spiro atoms. The van der Waals surface area contributed by atoms with E-state index in [1.165, 1.54) is 43.2 Å². The fourth-order valence-electron chi connectivity index (χ4n) is 2.91. The molecule has 1 aliphatic carbocycles. The predicted molar refractivity (Wildman–Crippen MR) is 87.3 cm³/mol. The molecule has 0 radical (unpaired) electrons. The van der Waals surface area contributed by atoms with Gasteiger partial charge in [-0.2, -0.15) is 5.26 Å². The second-order valence-electron chi connectivity index (χ2n) is 5.74. The van der Waals surface area contributed by atoms with Crippen molar-refractivity contribution in [2.24, 2.45) is 0 Å². The molecule has 9 heteroatoms. The number of tetrazole rings is 1. The standard InChI is InChI=1S/C15H16N6O2S/c16-9-11-6-12(8-14(7-11)21(22)23)10-24-15-17-18-19-20(15)13-4-2-1-3-5-13/h6-8,13H,1-5,10H2. The van der Waals surface area contributed by atoms with Gasteiger partial charge in [-0.25, -0.2) is 4.68 Å². The summed E-state index contributed by atoms with van der Waals surface area (Å²) in [5.41, 5.74) is 0.923. The van der Waals surface area contributed by atoms with Gasteiger partial charge in [0.05, 0.1) is 22.6 Å². The Labute approximate surface area is 143 Å². The molecule has 3 rings (SSSR count). The molecule has 1 aromatic heterocycles. The zero-order chi connectivity index (χ0) is 16.9. The number of hydrogen-bond donors (Lipinski definition) is 0. The Kier molecular flexibility index (Phi) is 5.05. The number of nitro groups is 1. The number of nitrogens with zero attached hydrogens (tertiary/aromatic N) is 6. The van der Waals surface area contributed by atoms with Crippen molar-refractivity contribution in [3.63, 3.8) is 0 Å². The molecule has 1 aromatic carbocycles. The average Bonchev–Trinajstić information content (AvgIpc) is 3.09. The van der Waals surface area contributed by atoms with Crippen LogP contribution in [0.3, 0.4) is 0 Å². The fraction of sp³-hybridized carbons (Fsp3) is 0.467. The van der Waals surface area contributed by atoms with Gasteiger partial charge in [-0.3, -0.25) is 10.1 Å². The summed E-state index contributed by atoms with van der Waals surface area (Å²) >= 11 is 1.43. The van der Waals surface area contributed by atoms with E-state index in [0.29, 0.717) is 22.5 Å². The van der Waals surface area contributed by atoms with Crippen LogP contribution in [-0.2, 0) is 5.75 Å². The molecule has 1 fully saturated rings. The van der Waals surface area contributed by atoms with E-state index in [4.69, 9.17) is 5.26 Å². The molecule has 0 bridgehead atoms. The third kappa shape index (κ3) is 3.71. The van der Waals surface area contributed by atoms with Crippen LogP contribution in [0.25, 0.3) is 0 Å². The third-order valence-electron chi connectivity index (χ3n) is 4.07. The van der Waals surface area contributed by atoms with Gasteiger partial charge < -0.3 is 0 Å². The van der Waals surface area contributed by atoms with E-state index in [0.717, 1.165) is 12.8 Å². The third-order valence-corrected chi connectivity index (χ3v) is 5.07. The van der Waals surface area contributed by atoms with Crippen LogP contribution in [-0.4, -0.2) is 25.1 Å². The molecule has 1 heterocycles. The molecular formula is C15H16N6O2S. The molecule has 2 aromatic rings. The molecule has 0 atom stereocenters. The van der Waals surface area contributed by atoms with Gasteiger partial charge in [0.15, 0.2) is 0 Å². The van der Waals surface area contributed by atoms with E-state index < -0.39 is 4.92 Å². The number of benzene rings is 1. The SMILES string of the molecule is N#Cc1cc(CSc2nnnn2C2CCCCC2)cc([N+](=O)[O-])c1. The molecule has 0 saturated heterocycles. The first-order valence-corrected chi connectivity index (χ1v) is 8.75. The number of non-ortho nitro benzene ring substituents is 1. The summed E-state index contributed by atoms with van der Waals surface area (Å²) in [4.78, 5) is 10.5. The minimum absolute atomic E-state index is 0.0727. The van der Waals surface area contributed by atoms with Gasteiger partial charge in [0.25, 0.3) is 5.69 Å². The lowest BCUT2D eigenvalue weighted by Crippen LogP contribution is -2.15.